The molecule has 1 aliphatic carbocycles. The van der Waals surface area contributed by atoms with E-state index in [2.05, 4.69) is 26.5 Å². The van der Waals surface area contributed by atoms with E-state index in [1.807, 2.05) is 6.92 Å². The predicted molar refractivity (Wildman–Crippen MR) is 124 cm³/mol. The normalized spacial score (nSPS) is 21.4. The van der Waals surface area contributed by atoms with Crippen molar-refractivity contribution < 1.29 is 14.6 Å². The standard InChI is InChI=1S/C20H22B3N7O3/c1-11(10-32-3)30-13(7-24)6-12-8-25-18(27-16(12)30)26-14-9-29(20(21,22)23)28-17(14)33-15-4-5-19(15,2)31/h6,8-9,11,15,31H,4-5,10H2,1-3H3,(H,25,26,27)/t11-,15?,19+/m0/s1. The number of aliphatic hydroxyl groups is 1. The molecule has 33 heavy (non-hydrogen) atoms. The van der Waals surface area contributed by atoms with E-state index in [0.29, 0.717) is 41.9 Å². The van der Waals surface area contributed by atoms with Gasteiger partial charge in [0.2, 0.25) is 5.95 Å². The Hall–Kier alpha value is -2.97. The Morgan fingerprint density at radius 2 is 2.21 bits per heavy atom. The summed E-state index contributed by atoms with van der Waals surface area (Å²) in [7, 11) is 18.9. The van der Waals surface area contributed by atoms with Crippen molar-refractivity contribution in [1.29, 1.82) is 5.26 Å². The molecule has 164 valence electrons. The van der Waals surface area contributed by atoms with Crippen molar-refractivity contribution in [2.24, 2.45) is 0 Å². The molecule has 0 saturated heterocycles. The molecule has 0 aliphatic heterocycles. The summed E-state index contributed by atoms with van der Waals surface area (Å²) in [4.78, 5) is 8.93. The van der Waals surface area contributed by atoms with Crippen LogP contribution in [0.15, 0.2) is 18.5 Å². The number of nitriles is 1. The van der Waals surface area contributed by atoms with Gasteiger partial charge in [0.1, 0.15) is 29.2 Å². The summed E-state index contributed by atoms with van der Waals surface area (Å²) >= 11 is 0. The van der Waals surface area contributed by atoms with Crippen LogP contribution in [-0.2, 0) is 9.97 Å². The zero-order chi connectivity index (χ0) is 24.0. The highest BCUT2D eigenvalue weighted by Gasteiger charge is 2.43. The van der Waals surface area contributed by atoms with Gasteiger partial charge in [-0.3, -0.25) is 4.68 Å². The highest BCUT2D eigenvalue weighted by Crippen LogP contribution is 2.37. The number of methoxy groups -OCH3 is 1. The molecule has 2 N–H and O–H groups in total. The molecule has 1 aliphatic rings. The maximum atomic E-state index is 10.3. The SMILES string of the molecule is [B]C([B])([B])n1cc(Nc2ncc3cc(C#N)n([C@@H](C)COC)c3n2)c(OC2CC[C@@]2(C)O)n1. The van der Waals surface area contributed by atoms with Crippen molar-refractivity contribution in [3.05, 3.63) is 24.2 Å². The monoisotopic (exact) mass is 441 g/mol. The molecule has 10 nitrogen and oxygen atoms in total. The van der Waals surface area contributed by atoms with Crippen LogP contribution < -0.4 is 10.1 Å². The molecule has 1 fully saturated rings. The molecule has 0 spiro atoms. The molecule has 3 atom stereocenters. The zero-order valence-corrected chi connectivity index (χ0v) is 18.7. The molecule has 1 unspecified atom stereocenters. The Morgan fingerprint density at radius 3 is 2.79 bits per heavy atom. The van der Waals surface area contributed by atoms with Crippen LogP contribution in [0.1, 0.15) is 38.4 Å². The van der Waals surface area contributed by atoms with E-state index in [4.69, 9.17) is 33.0 Å². The molecular formula is C20H22B3N7O3. The predicted octanol–water partition coefficient (Wildman–Crippen LogP) is 0.816. The minimum absolute atomic E-state index is 0.125. The van der Waals surface area contributed by atoms with E-state index in [-0.39, 0.29) is 17.9 Å². The van der Waals surface area contributed by atoms with Gasteiger partial charge in [-0.05, 0) is 38.0 Å². The van der Waals surface area contributed by atoms with E-state index >= 15 is 0 Å². The second kappa shape index (κ2) is 8.43. The second-order valence-electron chi connectivity index (χ2n) is 8.60. The van der Waals surface area contributed by atoms with Gasteiger partial charge < -0.3 is 24.5 Å². The van der Waals surface area contributed by atoms with Gasteiger partial charge in [0, 0.05) is 18.7 Å². The molecule has 0 bridgehead atoms. The number of nitrogens with zero attached hydrogens (tertiary/aromatic N) is 6. The maximum Gasteiger partial charge on any atom is 0.257 e. The van der Waals surface area contributed by atoms with Gasteiger partial charge in [0.15, 0.2) is 0 Å². The largest absolute Gasteiger partial charge is 0.469 e. The first-order valence-corrected chi connectivity index (χ1v) is 10.4. The number of ether oxygens (including phenoxy) is 2. The van der Waals surface area contributed by atoms with Crippen molar-refractivity contribution in [2.75, 3.05) is 19.0 Å². The Morgan fingerprint density at radius 1 is 1.45 bits per heavy atom. The van der Waals surface area contributed by atoms with E-state index in [1.165, 1.54) is 6.20 Å². The molecule has 3 heterocycles. The minimum Gasteiger partial charge on any atom is -0.469 e. The molecule has 1 saturated carbocycles. The Labute approximate surface area is 195 Å². The number of hydrogen-bond acceptors (Lipinski definition) is 8. The number of hydrogen-bond donors (Lipinski definition) is 2. The lowest BCUT2D eigenvalue weighted by atomic mass is 9.49. The maximum absolute atomic E-state index is 10.3. The summed E-state index contributed by atoms with van der Waals surface area (Å²) < 4.78 is 14.1. The van der Waals surface area contributed by atoms with Crippen LogP contribution in [0.2, 0.25) is 0 Å². The first-order valence-electron chi connectivity index (χ1n) is 10.4. The van der Waals surface area contributed by atoms with E-state index < -0.39 is 16.9 Å². The van der Waals surface area contributed by atoms with Crippen molar-refractivity contribution >= 4 is 46.2 Å². The Kier molecular flexibility index (Phi) is 5.93. The van der Waals surface area contributed by atoms with Gasteiger partial charge >= 0.3 is 0 Å². The van der Waals surface area contributed by atoms with Crippen LogP contribution in [0.3, 0.4) is 0 Å². The molecule has 6 radical (unpaired) electrons. The summed E-state index contributed by atoms with van der Waals surface area (Å²) in [5.74, 6) is 0.382. The zero-order valence-electron chi connectivity index (χ0n) is 18.7. The van der Waals surface area contributed by atoms with Gasteiger partial charge in [-0.25, -0.2) is 4.98 Å². The van der Waals surface area contributed by atoms with Gasteiger partial charge in [0.25, 0.3) is 5.88 Å². The van der Waals surface area contributed by atoms with E-state index in [9.17, 15) is 10.4 Å². The lowest BCUT2D eigenvalue weighted by molar-refractivity contribution is -0.119. The average molecular weight is 441 g/mol. The van der Waals surface area contributed by atoms with Crippen LogP contribution in [0.5, 0.6) is 5.88 Å². The molecule has 0 aromatic carbocycles. The summed E-state index contributed by atoms with van der Waals surface area (Å²) in [6.07, 6.45) is 3.93. The molecular weight excluding hydrogens is 419 g/mol. The average Bonchev–Trinajstić information content (AvgIpc) is 3.32. The lowest BCUT2D eigenvalue weighted by Crippen LogP contribution is -2.52. The van der Waals surface area contributed by atoms with E-state index in [1.54, 1.807) is 30.9 Å². The number of fused-ring (bicyclic) bond motifs is 1. The van der Waals surface area contributed by atoms with Crippen LogP contribution in [-0.4, -0.2) is 78.4 Å². The van der Waals surface area contributed by atoms with Crippen molar-refractivity contribution in [3.8, 4) is 11.9 Å². The molecule has 4 rings (SSSR count). The summed E-state index contributed by atoms with van der Waals surface area (Å²) in [6, 6.07) is 3.78. The summed E-state index contributed by atoms with van der Waals surface area (Å²) in [5.41, 5.74) is 0.417. The van der Waals surface area contributed by atoms with E-state index in [0.717, 1.165) is 4.68 Å². The van der Waals surface area contributed by atoms with Crippen molar-refractivity contribution in [1.82, 2.24) is 24.3 Å². The molecule has 13 heteroatoms. The summed E-state index contributed by atoms with van der Waals surface area (Å²) in [5, 5.41) is 26.1. The third kappa shape index (κ3) is 4.45. The van der Waals surface area contributed by atoms with Crippen LogP contribution >= 0.6 is 0 Å². The van der Waals surface area contributed by atoms with Crippen molar-refractivity contribution in [2.45, 2.75) is 49.7 Å². The van der Waals surface area contributed by atoms with Crippen LogP contribution in [0.4, 0.5) is 11.6 Å². The van der Waals surface area contributed by atoms with Crippen LogP contribution in [0.25, 0.3) is 11.0 Å². The highest BCUT2D eigenvalue weighted by molar-refractivity contribution is 6.56. The van der Waals surface area contributed by atoms with Gasteiger partial charge in [-0.2, -0.15) is 10.2 Å². The topological polar surface area (TPSA) is 123 Å². The fraction of sp³-hybridized carbons (Fsp3) is 0.500. The first-order chi connectivity index (χ1) is 15.5. The fourth-order valence-electron chi connectivity index (χ4n) is 3.77. The number of rotatable bonds is 8. The Bertz CT molecular complexity index is 1210. The van der Waals surface area contributed by atoms with Gasteiger partial charge in [-0.1, -0.05) is 0 Å². The fourth-order valence-corrected chi connectivity index (χ4v) is 3.77. The molecule has 0 amide bonds. The minimum atomic E-state index is -1.77. The highest BCUT2D eigenvalue weighted by atomic mass is 16.5. The summed E-state index contributed by atoms with van der Waals surface area (Å²) in [6.45, 7) is 4.04. The molecule has 3 aromatic heterocycles. The smallest absolute Gasteiger partial charge is 0.257 e. The quantitative estimate of drug-likeness (QED) is 0.493. The first kappa shape index (κ1) is 23.2. The Balaban J connectivity index is 1.70. The van der Waals surface area contributed by atoms with Crippen molar-refractivity contribution in [3.63, 3.8) is 0 Å². The van der Waals surface area contributed by atoms with Gasteiger partial charge in [0.05, 0.1) is 48.0 Å². The van der Waals surface area contributed by atoms with Gasteiger partial charge in [-0.15, -0.1) is 5.10 Å². The number of anilines is 2. The lowest BCUT2D eigenvalue weighted by Gasteiger charge is -2.41. The third-order valence-corrected chi connectivity index (χ3v) is 5.72. The number of aromatic nitrogens is 5. The number of nitrogens with one attached hydrogen (secondary N) is 1. The third-order valence-electron chi connectivity index (χ3n) is 5.72. The second-order valence-corrected chi connectivity index (χ2v) is 8.60. The molecule has 3 aromatic rings. The van der Waals surface area contributed by atoms with Crippen LogP contribution in [0, 0.1) is 11.3 Å².